The Morgan fingerprint density at radius 2 is 1.67 bits per heavy atom. The quantitative estimate of drug-likeness (QED) is 0.542. The third kappa shape index (κ3) is 5.21. The monoisotopic (exact) mass is 406 g/mol. The van der Waals surface area contributed by atoms with Gasteiger partial charge in [-0.25, -0.2) is 9.78 Å². The normalized spacial score (nSPS) is 11.4. The van der Waals surface area contributed by atoms with Crippen molar-refractivity contribution in [2.75, 3.05) is 0 Å². The van der Waals surface area contributed by atoms with Crippen LogP contribution >= 0.6 is 0 Å². The van der Waals surface area contributed by atoms with Crippen molar-refractivity contribution >= 4 is 11.8 Å². The Balaban J connectivity index is 1.60. The number of carboxylic acids is 1. The molecule has 0 radical (unpaired) electrons. The Morgan fingerprint density at radius 1 is 1.03 bits per heavy atom. The summed E-state index contributed by atoms with van der Waals surface area (Å²) < 4.78 is 7.35. The van der Waals surface area contributed by atoms with E-state index < -0.39 is 11.6 Å². The molecule has 0 spiro atoms. The summed E-state index contributed by atoms with van der Waals surface area (Å²) in [6.45, 7) is 5.92. The number of ketones is 1. The Hall–Kier alpha value is -3.25. The molecule has 0 aliphatic heterocycles. The topological polar surface area (TPSA) is 81.4 Å². The van der Waals surface area contributed by atoms with Gasteiger partial charge in [-0.2, -0.15) is 0 Å². The first-order valence-corrected chi connectivity index (χ1v) is 9.84. The molecule has 0 atom stereocenters. The van der Waals surface area contributed by atoms with Crippen molar-refractivity contribution in [1.82, 2.24) is 9.55 Å². The van der Waals surface area contributed by atoms with Gasteiger partial charge in [0, 0.05) is 24.5 Å². The summed E-state index contributed by atoms with van der Waals surface area (Å²) in [5.74, 6) is -0.649. The van der Waals surface area contributed by atoms with Crippen molar-refractivity contribution in [3.8, 4) is 0 Å². The Morgan fingerprint density at radius 3 is 2.30 bits per heavy atom. The minimum atomic E-state index is -1.22. The summed E-state index contributed by atoms with van der Waals surface area (Å²) >= 11 is 0. The maximum Gasteiger partial charge on any atom is 0.335 e. The van der Waals surface area contributed by atoms with Gasteiger partial charge in [-0.15, -0.1) is 0 Å². The number of carbonyl (C=O) groups is 2. The molecule has 2 aromatic carbocycles. The van der Waals surface area contributed by atoms with E-state index >= 15 is 0 Å². The lowest BCUT2D eigenvalue weighted by Crippen LogP contribution is -2.34. The molecular weight excluding hydrogens is 380 g/mol. The SMILES string of the molecule is Cc1ccc(C(=O)c2nccn2CCc2ccc(COC(C)(C)C(=O)O)cc2)cc1. The van der Waals surface area contributed by atoms with Crippen molar-refractivity contribution in [2.24, 2.45) is 0 Å². The molecule has 0 saturated heterocycles. The molecule has 6 nitrogen and oxygen atoms in total. The number of ether oxygens (including phenoxy) is 1. The second kappa shape index (κ2) is 9.05. The molecule has 0 bridgehead atoms. The number of aryl methyl sites for hydroxylation is 3. The first kappa shape index (κ1) is 21.5. The van der Waals surface area contributed by atoms with E-state index in [9.17, 15) is 9.59 Å². The molecule has 30 heavy (non-hydrogen) atoms. The highest BCUT2D eigenvalue weighted by atomic mass is 16.5. The average Bonchev–Trinajstić information content (AvgIpc) is 3.20. The summed E-state index contributed by atoms with van der Waals surface area (Å²) in [7, 11) is 0. The van der Waals surface area contributed by atoms with Gasteiger partial charge in [0.2, 0.25) is 5.78 Å². The first-order chi connectivity index (χ1) is 14.3. The van der Waals surface area contributed by atoms with Gasteiger partial charge in [0.1, 0.15) is 0 Å². The number of aromatic nitrogens is 2. The van der Waals surface area contributed by atoms with Crippen LogP contribution in [0.25, 0.3) is 0 Å². The summed E-state index contributed by atoms with van der Waals surface area (Å²) in [6.07, 6.45) is 4.20. The number of aliphatic carboxylic acids is 1. The maximum atomic E-state index is 12.8. The molecule has 1 heterocycles. The lowest BCUT2D eigenvalue weighted by Gasteiger charge is -2.20. The van der Waals surface area contributed by atoms with Crippen LogP contribution in [0.1, 0.15) is 46.7 Å². The van der Waals surface area contributed by atoms with Gasteiger partial charge in [0.15, 0.2) is 11.4 Å². The van der Waals surface area contributed by atoms with Gasteiger partial charge in [-0.05, 0) is 38.3 Å². The lowest BCUT2D eigenvalue weighted by molar-refractivity contribution is -0.162. The van der Waals surface area contributed by atoms with E-state index in [2.05, 4.69) is 4.98 Å². The van der Waals surface area contributed by atoms with Gasteiger partial charge in [-0.1, -0.05) is 54.1 Å². The molecule has 0 amide bonds. The number of benzene rings is 2. The third-order valence-corrected chi connectivity index (χ3v) is 5.01. The molecule has 1 aromatic heterocycles. The number of carboxylic acid groups (broad SMARTS) is 1. The minimum Gasteiger partial charge on any atom is -0.479 e. The van der Waals surface area contributed by atoms with Crippen molar-refractivity contribution in [1.29, 1.82) is 0 Å². The molecule has 6 heteroatoms. The molecular formula is C24H26N2O4. The van der Waals surface area contributed by atoms with E-state index in [1.165, 1.54) is 13.8 Å². The number of rotatable bonds is 9. The van der Waals surface area contributed by atoms with Crippen LogP contribution in [0.5, 0.6) is 0 Å². The number of carbonyl (C=O) groups excluding carboxylic acids is 1. The van der Waals surface area contributed by atoms with Gasteiger partial charge >= 0.3 is 5.97 Å². The van der Waals surface area contributed by atoms with E-state index in [-0.39, 0.29) is 12.4 Å². The van der Waals surface area contributed by atoms with Crippen LogP contribution in [0, 0.1) is 6.92 Å². The fourth-order valence-corrected chi connectivity index (χ4v) is 2.91. The standard InChI is InChI=1S/C24H26N2O4/c1-17-4-10-20(11-5-17)21(27)22-25-13-15-26(22)14-12-18-6-8-19(9-7-18)16-30-24(2,3)23(28)29/h4-11,13,15H,12,14,16H2,1-3H3,(H,28,29). The summed E-state index contributed by atoms with van der Waals surface area (Å²) in [6, 6.07) is 15.3. The highest BCUT2D eigenvalue weighted by Crippen LogP contribution is 2.15. The lowest BCUT2D eigenvalue weighted by atomic mass is 10.1. The number of hydrogen-bond acceptors (Lipinski definition) is 4. The fraction of sp³-hybridized carbons (Fsp3) is 0.292. The molecule has 3 rings (SSSR count). The molecule has 0 unspecified atom stereocenters. The van der Waals surface area contributed by atoms with Crippen molar-refractivity contribution in [3.63, 3.8) is 0 Å². The second-order valence-corrected chi connectivity index (χ2v) is 7.81. The number of imidazole rings is 1. The van der Waals surface area contributed by atoms with Crippen LogP contribution in [0.15, 0.2) is 60.9 Å². The molecule has 0 aliphatic rings. The highest BCUT2D eigenvalue weighted by Gasteiger charge is 2.27. The predicted octanol–water partition coefficient (Wildman–Crippen LogP) is 4.05. The zero-order valence-electron chi connectivity index (χ0n) is 17.5. The van der Waals surface area contributed by atoms with Gasteiger partial charge in [0.25, 0.3) is 0 Å². The molecule has 0 aliphatic carbocycles. The van der Waals surface area contributed by atoms with Gasteiger partial charge < -0.3 is 14.4 Å². The van der Waals surface area contributed by atoms with Crippen molar-refractivity contribution in [2.45, 2.75) is 45.9 Å². The average molecular weight is 406 g/mol. The van der Waals surface area contributed by atoms with E-state index in [1.807, 2.05) is 66.2 Å². The van der Waals surface area contributed by atoms with Crippen LogP contribution in [0.2, 0.25) is 0 Å². The maximum absolute atomic E-state index is 12.8. The molecule has 1 N–H and O–H groups in total. The third-order valence-electron chi connectivity index (χ3n) is 5.01. The minimum absolute atomic E-state index is 0.0893. The zero-order chi connectivity index (χ0) is 21.7. The van der Waals surface area contributed by atoms with Crippen LogP contribution in [-0.4, -0.2) is 32.0 Å². The van der Waals surface area contributed by atoms with Crippen molar-refractivity contribution in [3.05, 3.63) is 89.0 Å². The van der Waals surface area contributed by atoms with Crippen LogP contribution < -0.4 is 0 Å². The number of nitrogens with zero attached hydrogens (tertiary/aromatic N) is 2. The van der Waals surface area contributed by atoms with Crippen LogP contribution in [0.3, 0.4) is 0 Å². The zero-order valence-corrected chi connectivity index (χ0v) is 17.5. The van der Waals surface area contributed by atoms with E-state index in [0.29, 0.717) is 17.9 Å². The smallest absolute Gasteiger partial charge is 0.335 e. The summed E-state index contributed by atoms with van der Waals surface area (Å²) in [5.41, 5.74) is 2.53. The Labute approximate surface area is 176 Å². The summed E-state index contributed by atoms with van der Waals surface area (Å²) in [4.78, 5) is 28.1. The summed E-state index contributed by atoms with van der Waals surface area (Å²) in [5, 5.41) is 9.11. The van der Waals surface area contributed by atoms with E-state index in [0.717, 1.165) is 23.1 Å². The first-order valence-electron chi connectivity index (χ1n) is 9.84. The second-order valence-electron chi connectivity index (χ2n) is 7.81. The molecule has 0 fully saturated rings. The van der Waals surface area contributed by atoms with E-state index in [4.69, 9.17) is 9.84 Å². The van der Waals surface area contributed by atoms with Crippen molar-refractivity contribution < 1.29 is 19.4 Å². The molecule has 3 aromatic rings. The largest absolute Gasteiger partial charge is 0.479 e. The molecule has 156 valence electrons. The van der Waals surface area contributed by atoms with E-state index in [1.54, 1.807) is 6.20 Å². The highest BCUT2D eigenvalue weighted by molar-refractivity contribution is 6.06. The molecule has 0 saturated carbocycles. The van der Waals surface area contributed by atoms with Crippen LogP contribution in [0.4, 0.5) is 0 Å². The predicted molar refractivity (Wildman–Crippen MR) is 113 cm³/mol. The Kier molecular flexibility index (Phi) is 6.47. The van der Waals surface area contributed by atoms with Gasteiger partial charge in [0.05, 0.1) is 6.61 Å². The van der Waals surface area contributed by atoms with Gasteiger partial charge in [-0.3, -0.25) is 4.79 Å². The Bertz CT molecular complexity index is 1020. The fourth-order valence-electron chi connectivity index (χ4n) is 2.91. The number of hydrogen-bond donors (Lipinski definition) is 1. The van der Waals surface area contributed by atoms with Crippen LogP contribution in [-0.2, 0) is 29.1 Å².